The van der Waals surface area contributed by atoms with E-state index < -0.39 is 10.0 Å². The summed E-state index contributed by atoms with van der Waals surface area (Å²) in [7, 11) is -3.52. The van der Waals surface area contributed by atoms with Gasteiger partial charge in [0.1, 0.15) is 0 Å². The minimum Gasteiger partial charge on any atom is -0.278 e. The summed E-state index contributed by atoms with van der Waals surface area (Å²) in [6.45, 7) is 2.94. The number of amides is 1. The number of hydrogen-bond acceptors (Lipinski definition) is 3. The predicted molar refractivity (Wildman–Crippen MR) is 28.3 cm³/mol. The van der Waals surface area contributed by atoms with Gasteiger partial charge < -0.3 is 0 Å². The Morgan fingerprint density at radius 1 is 1.50 bits per heavy atom. The van der Waals surface area contributed by atoms with Crippen LogP contribution in [0, 0.1) is 0 Å². The number of nitrogens with one attached hydrogen (secondary N) is 1. The molecule has 4 nitrogen and oxygen atoms in total. The van der Waals surface area contributed by atoms with E-state index in [1.165, 1.54) is 0 Å². The zero-order valence-corrected chi connectivity index (χ0v) is 4.81. The highest BCUT2D eigenvalue weighted by Gasteiger charge is 1.96. The third-order valence-corrected chi connectivity index (χ3v) is 1.30. The van der Waals surface area contributed by atoms with Crippen LogP contribution in [0.2, 0.25) is 0 Å². The Morgan fingerprint density at radius 2 is 2.00 bits per heavy atom. The number of carbonyl (C=O) groups excluding carboxylic acids is 1. The van der Waals surface area contributed by atoms with Crippen molar-refractivity contribution in [2.24, 2.45) is 0 Å². The Labute approximate surface area is 47.3 Å². The lowest BCUT2D eigenvalue weighted by Crippen LogP contribution is -2.18. The Morgan fingerprint density at radius 3 is 2.12 bits per heavy atom. The van der Waals surface area contributed by atoms with Crippen LogP contribution in [-0.2, 0) is 14.8 Å². The molecule has 5 heteroatoms. The summed E-state index contributed by atoms with van der Waals surface area (Å²) in [5.41, 5.74) is 0. The summed E-state index contributed by atoms with van der Waals surface area (Å²) >= 11 is 0. The van der Waals surface area contributed by atoms with Crippen molar-refractivity contribution < 1.29 is 13.2 Å². The van der Waals surface area contributed by atoms with E-state index in [1.54, 1.807) is 4.72 Å². The van der Waals surface area contributed by atoms with E-state index in [0.717, 1.165) is 0 Å². The summed E-state index contributed by atoms with van der Waals surface area (Å²) in [5.74, 6) is 0. The van der Waals surface area contributed by atoms with E-state index in [0.29, 0.717) is 5.41 Å². The SMILES string of the molecule is C=CS(=O)(=O)NC=O. The van der Waals surface area contributed by atoms with Crippen molar-refractivity contribution in [1.82, 2.24) is 4.72 Å². The molecule has 0 aliphatic carbocycles. The van der Waals surface area contributed by atoms with E-state index in [4.69, 9.17) is 0 Å². The van der Waals surface area contributed by atoms with Crippen LogP contribution >= 0.6 is 0 Å². The zero-order chi connectivity index (χ0) is 6.62. The van der Waals surface area contributed by atoms with Gasteiger partial charge in [0, 0.05) is 5.41 Å². The third kappa shape index (κ3) is 2.35. The maximum atomic E-state index is 10.1. The van der Waals surface area contributed by atoms with Crippen molar-refractivity contribution in [3.63, 3.8) is 0 Å². The van der Waals surface area contributed by atoms with Gasteiger partial charge in [0.25, 0.3) is 10.0 Å². The number of hydrogen-bond donors (Lipinski definition) is 1. The second kappa shape index (κ2) is 2.46. The molecule has 0 fully saturated rings. The fraction of sp³-hybridized carbons (Fsp3) is 0. The monoisotopic (exact) mass is 135 g/mol. The van der Waals surface area contributed by atoms with Crippen molar-refractivity contribution in [2.75, 3.05) is 0 Å². The first-order chi connectivity index (χ1) is 3.62. The second-order valence-corrected chi connectivity index (χ2v) is 2.61. The zero-order valence-electron chi connectivity index (χ0n) is 3.99. The molecule has 0 radical (unpaired) electrons. The van der Waals surface area contributed by atoms with E-state index >= 15 is 0 Å². The van der Waals surface area contributed by atoms with Gasteiger partial charge in [-0.1, -0.05) is 6.58 Å². The molecule has 1 N–H and O–H groups in total. The Kier molecular flexibility index (Phi) is 2.20. The molecular formula is C3H5NO3S. The van der Waals surface area contributed by atoms with Crippen LogP contribution in [-0.4, -0.2) is 14.8 Å². The Hall–Kier alpha value is -0.840. The van der Waals surface area contributed by atoms with E-state index in [1.807, 2.05) is 0 Å². The molecule has 46 valence electrons. The van der Waals surface area contributed by atoms with Crippen LogP contribution in [0.4, 0.5) is 0 Å². The van der Waals surface area contributed by atoms with Gasteiger partial charge in [-0.3, -0.25) is 9.52 Å². The second-order valence-electron chi connectivity index (χ2n) is 0.947. The molecule has 0 saturated carbocycles. The number of carbonyl (C=O) groups is 1. The molecule has 0 unspecified atom stereocenters. The molecule has 0 saturated heterocycles. The highest BCUT2D eigenvalue weighted by atomic mass is 32.2. The molecule has 0 aromatic rings. The average molecular weight is 135 g/mol. The van der Waals surface area contributed by atoms with Crippen molar-refractivity contribution >= 4 is 16.4 Å². The summed E-state index contributed by atoms with van der Waals surface area (Å²) in [4.78, 5) is 9.44. The van der Waals surface area contributed by atoms with Crippen LogP contribution < -0.4 is 4.72 Å². The maximum Gasteiger partial charge on any atom is 0.256 e. The summed E-state index contributed by atoms with van der Waals surface area (Å²) in [6, 6.07) is 0. The molecule has 0 heterocycles. The Balaban J connectivity index is 4.15. The van der Waals surface area contributed by atoms with Gasteiger partial charge in [-0.25, -0.2) is 8.42 Å². The molecule has 0 rings (SSSR count). The molecule has 0 aliphatic heterocycles. The van der Waals surface area contributed by atoms with E-state index in [9.17, 15) is 13.2 Å². The molecule has 0 aromatic carbocycles. The summed E-state index contributed by atoms with van der Waals surface area (Å²) in [5, 5.41) is 0.654. The minimum absolute atomic E-state index is 0.0804. The first-order valence-corrected chi connectivity index (χ1v) is 3.25. The minimum atomic E-state index is -3.52. The van der Waals surface area contributed by atoms with Crippen molar-refractivity contribution in [2.45, 2.75) is 0 Å². The topological polar surface area (TPSA) is 63.2 Å². The lowest BCUT2D eigenvalue weighted by molar-refractivity contribution is -0.108. The first kappa shape index (κ1) is 7.16. The lowest BCUT2D eigenvalue weighted by Gasteiger charge is -1.88. The first-order valence-electron chi connectivity index (χ1n) is 1.71. The standard InChI is InChI=1S/C3H5NO3S/c1-2-8(6,7)4-3-5/h2-3H,1H2,(H,4,5). The number of rotatable bonds is 3. The maximum absolute atomic E-state index is 10.1. The van der Waals surface area contributed by atoms with Crippen LogP contribution in [0.1, 0.15) is 0 Å². The van der Waals surface area contributed by atoms with Crippen LogP contribution in [0.25, 0.3) is 0 Å². The summed E-state index contributed by atoms with van der Waals surface area (Å²) in [6.07, 6.45) is 0.0804. The van der Waals surface area contributed by atoms with Crippen molar-refractivity contribution in [3.8, 4) is 0 Å². The molecule has 0 aromatic heterocycles. The van der Waals surface area contributed by atoms with Crippen molar-refractivity contribution in [3.05, 3.63) is 12.0 Å². The van der Waals surface area contributed by atoms with Gasteiger partial charge >= 0.3 is 0 Å². The molecule has 8 heavy (non-hydrogen) atoms. The normalized spacial score (nSPS) is 10.0. The molecular weight excluding hydrogens is 130 g/mol. The van der Waals surface area contributed by atoms with Crippen LogP contribution in [0.3, 0.4) is 0 Å². The smallest absolute Gasteiger partial charge is 0.256 e. The Bertz CT molecular complexity index is 181. The van der Waals surface area contributed by atoms with Gasteiger partial charge in [-0.2, -0.15) is 0 Å². The van der Waals surface area contributed by atoms with Gasteiger partial charge in [-0.05, 0) is 0 Å². The van der Waals surface area contributed by atoms with Crippen molar-refractivity contribution in [1.29, 1.82) is 0 Å². The molecule has 1 amide bonds. The summed E-state index contributed by atoms with van der Waals surface area (Å²) < 4.78 is 21.8. The fourth-order valence-corrected chi connectivity index (χ4v) is 0.346. The highest BCUT2D eigenvalue weighted by molar-refractivity contribution is 7.92. The molecule has 0 atom stereocenters. The lowest BCUT2D eigenvalue weighted by atomic mass is 11.3. The van der Waals surface area contributed by atoms with Crippen LogP contribution in [0.5, 0.6) is 0 Å². The highest BCUT2D eigenvalue weighted by Crippen LogP contribution is 1.77. The van der Waals surface area contributed by atoms with E-state index in [-0.39, 0.29) is 6.41 Å². The van der Waals surface area contributed by atoms with Gasteiger partial charge in [0.15, 0.2) is 0 Å². The third-order valence-electron chi connectivity index (χ3n) is 0.432. The fourth-order valence-electron chi connectivity index (χ4n) is 0.115. The molecule has 0 bridgehead atoms. The average Bonchev–Trinajstić information content (AvgIpc) is 1.67. The van der Waals surface area contributed by atoms with Crippen LogP contribution in [0.15, 0.2) is 12.0 Å². The van der Waals surface area contributed by atoms with Gasteiger partial charge in [-0.15, -0.1) is 0 Å². The molecule has 0 aliphatic rings. The van der Waals surface area contributed by atoms with Gasteiger partial charge in [0.05, 0.1) is 0 Å². The molecule has 0 spiro atoms. The quantitative estimate of drug-likeness (QED) is 0.515. The largest absolute Gasteiger partial charge is 0.278 e. The number of sulfonamides is 1. The van der Waals surface area contributed by atoms with Gasteiger partial charge in [0.2, 0.25) is 6.41 Å². The predicted octanol–water partition coefficient (Wildman–Crippen LogP) is -0.794. The van der Waals surface area contributed by atoms with E-state index in [2.05, 4.69) is 6.58 Å².